The van der Waals surface area contributed by atoms with E-state index < -0.39 is 6.61 Å². The molecule has 0 fully saturated rings. The van der Waals surface area contributed by atoms with Crippen LogP contribution < -0.4 is 10.3 Å². The minimum absolute atomic E-state index is 0.00336. The second-order valence-corrected chi connectivity index (χ2v) is 5.79. The predicted octanol–water partition coefficient (Wildman–Crippen LogP) is 4.35. The van der Waals surface area contributed by atoms with Crippen LogP contribution in [0.15, 0.2) is 47.5 Å². The zero-order chi connectivity index (χ0) is 17.3. The van der Waals surface area contributed by atoms with E-state index in [2.05, 4.69) is 9.72 Å². The van der Waals surface area contributed by atoms with Gasteiger partial charge in [0.25, 0.3) is 5.56 Å². The monoisotopic (exact) mass is 370 g/mol. The van der Waals surface area contributed by atoms with Crippen LogP contribution in [0.25, 0.3) is 10.9 Å². The van der Waals surface area contributed by atoms with Gasteiger partial charge in [0.2, 0.25) is 0 Å². The van der Waals surface area contributed by atoms with Crippen LogP contribution in [0, 0.1) is 0 Å². The zero-order valence-corrected chi connectivity index (χ0v) is 13.6. The molecule has 0 aliphatic rings. The van der Waals surface area contributed by atoms with Crippen molar-refractivity contribution in [3.63, 3.8) is 0 Å². The molecule has 124 valence electrons. The minimum Gasteiger partial charge on any atom is -0.434 e. The summed E-state index contributed by atoms with van der Waals surface area (Å²) < 4.78 is 30.7. The average molecular weight is 371 g/mol. The number of hydrogen-bond donors (Lipinski definition) is 0. The highest BCUT2D eigenvalue weighted by molar-refractivity contribution is 6.38. The molecule has 1 heterocycles. The van der Waals surface area contributed by atoms with Crippen molar-refractivity contribution in [3.05, 3.63) is 68.7 Å². The number of alkyl halides is 2. The van der Waals surface area contributed by atoms with Gasteiger partial charge in [-0.15, -0.1) is 0 Å². The van der Waals surface area contributed by atoms with Gasteiger partial charge in [0.15, 0.2) is 0 Å². The van der Waals surface area contributed by atoms with Gasteiger partial charge in [0, 0.05) is 10.6 Å². The van der Waals surface area contributed by atoms with Crippen molar-refractivity contribution >= 4 is 34.1 Å². The number of fused-ring (bicyclic) bond motifs is 1. The van der Waals surface area contributed by atoms with Gasteiger partial charge in [-0.25, -0.2) is 4.98 Å². The van der Waals surface area contributed by atoms with Gasteiger partial charge in [-0.1, -0.05) is 41.4 Å². The van der Waals surface area contributed by atoms with Crippen molar-refractivity contribution in [2.45, 2.75) is 13.2 Å². The van der Waals surface area contributed by atoms with Crippen LogP contribution in [-0.4, -0.2) is 16.2 Å². The fourth-order valence-electron chi connectivity index (χ4n) is 2.34. The van der Waals surface area contributed by atoms with Crippen LogP contribution in [0.4, 0.5) is 8.78 Å². The molecule has 0 amide bonds. The highest BCUT2D eigenvalue weighted by atomic mass is 35.5. The molecular formula is C16H10Cl2F2N2O2. The number of ether oxygens (including phenoxy) is 1. The van der Waals surface area contributed by atoms with E-state index in [9.17, 15) is 13.6 Å². The Balaban J connectivity index is 2.06. The highest BCUT2D eigenvalue weighted by Crippen LogP contribution is 2.25. The van der Waals surface area contributed by atoms with E-state index in [-0.39, 0.29) is 28.3 Å². The Morgan fingerprint density at radius 3 is 2.71 bits per heavy atom. The second kappa shape index (κ2) is 6.75. The Morgan fingerprint density at radius 2 is 1.96 bits per heavy atom. The number of rotatable bonds is 4. The molecule has 0 spiro atoms. The summed E-state index contributed by atoms with van der Waals surface area (Å²) in [5.74, 6) is 0.00336. The SMILES string of the molecule is O=c1c2cc(Cl)cc(Cl)c2ncn1Cc1ccccc1OC(F)F. The first-order chi connectivity index (χ1) is 11.5. The lowest BCUT2D eigenvalue weighted by Crippen LogP contribution is -2.21. The zero-order valence-electron chi connectivity index (χ0n) is 12.0. The Bertz CT molecular complexity index is 960. The summed E-state index contributed by atoms with van der Waals surface area (Å²) in [6.07, 6.45) is 1.31. The molecule has 0 N–H and O–H groups in total. The minimum atomic E-state index is -2.95. The molecule has 24 heavy (non-hydrogen) atoms. The van der Waals surface area contributed by atoms with Crippen molar-refractivity contribution in [3.8, 4) is 5.75 Å². The molecular weight excluding hydrogens is 361 g/mol. The van der Waals surface area contributed by atoms with Crippen LogP contribution >= 0.6 is 23.2 Å². The molecule has 0 saturated carbocycles. The molecule has 0 atom stereocenters. The molecule has 3 aromatic rings. The molecule has 0 bridgehead atoms. The molecule has 2 aromatic carbocycles. The summed E-state index contributed by atoms with van der Waals surface area (Å²) in [6.45, 7) is -2.93. The Kier molecular flexibility index (Phi) is 4.69. The molecule has 0 unspecified atom stereocenters. The summed E-state index contributed by atoms with van der Waals surface area (Å²) in [5, 5.41) is 0.830. The fraction of sp³-hybridized carbons (Fsp3) is 0.125. The summed E-state index contributed by atoms with van der Waals surface area (Å²) in [4.78, 5) is 16.7. The molecule has 3 rings (SSSR count). The summed E-state index contributed by atoms with van der Waals surface area (Å²) in [6, 6.07) is 9.21. The van der Waals surface area contributed by atoms with E-state index in [0.717, 1.165) is 0 Å². The maximum absolute atomic E-state index is 12.6. The van der Waals surface area contributed by atoms with E-state index in [1.54, 1.807) is 18.2 Å². The number of hydrogen-bond acceptors (Lipinski definition) is 3. The lowest BCUT2D eigenvalue weighted by atomic mass is 10.2. The lowest BCUT2D eigenvalue weighted by Gasteiger charge is -2.12. The van der Waals surface area contributed by atoms with Gasteiger partial charge in [-0.2, -0.15) is 8.78 Å². The molecule has 0 radical (unpaired) electrons. The van der Waals surface area contributed by atoms with E-state index in [1.165, 1.54) is 29.1 Å². The van der Waals surface area contributed by atoms with Crippen LogP contribution in [0.5, 0.6) is 5.75 Å². The third-order valence-corrected chi connectivity index (χ3v) is 3.88. The third kappa shape index (κ3) is 3.34. The average Bonchev–Trinajstić information content (AvgIpc) is 2.52. The van der Waals surface area contributed by atoms with Gasteiger partial charge >= 0.3 is 6.61 Å². The number of nitrogens with zero attached hydrogens (tertiary/aromatic N) is 2. The van der Waals surface area contributed by atoms with Crippen molar-refractivity contribution in [1.82, 2.24) is 9.55 Å². The van der Waals surface area contributed by atoms with E-state index >= 15 is 0 Å². The third-order valence-electron chi connectivity index (χ3n) is 3.38. The van der Waals surface area contributed by atoms with Crippen LogP contribution in [0.1, 0.15) is 5.56 Å². The van der Waals surface area contributed by atoms with Crippen LogP contribution in [-0.2, 0) is 6.54 Å². The van der Waals surface area contributed by atoms with Crippen LogP contribution in [0.3, 0.4) is 0 Å². The summed E-state index contributed by atoms with van der Waals surface area (Å²) in [7, 11) is 0. The number of para-hydroxylation sites is 1. The highest BCUT2D eigenvalue weighted by Gasteiger charge is 2.13. The molecule has 8 heteroatoms. The van der Waals surface area contributed by atoms with Crippen molar-refractivity contribution in [2.24, 2.45) is 0 Å². The van der Waals surface area contributed by atoms with Crippen molar-refractivity contribution in [2.75, 3.05) is 0 Å². The maximum atomic E-state index is 12.6. The van der Waals surface area contributed by atoms with E-state index in [0.29, 0.717) is 16.1 Å². The summed E-state index contributed by atoms with van der Waals surface area (Å²) >= 11 is 12.0. The van der Waals surface area contributed by atoms with E-state index in [4.69, 9.17) is 23.2 Å². The van der Waals surface area contributed by atoms with E-state index in [1.807, 2.05) is 0 Å². The van der Waals surface area contributed by atoms with Gasteiger partial charge in [-0.3, -0.25) is 9.36 Å². The molecule has 0 saturated heterocycles. The van der Waals surface area contributed by atoms with Gasteiger partial charge in [0.1, 0.15) is 5.75 Å². The van der Waals surface area contributed by atoms with Crippen molar-refractivity contribution < 1.29 is 13.5 Å². The lowest BCUT2D eigenvalue weighted by molar-refractivity contribution is -0.0504. The Morgan fingerprint density at radius 1 is 1.21 bits per heavy atom. The van der Waals surface area contributed by atoms with Crippen molar-refractivity contribution in [1.29, 1.82) is 0 Å². The maximum Gasteiger partial charge on any atom is 0.387 e. The van der Waals surface area contributed by atoms with Gasteiger partial charge < -0.3 is 4.74 Å². The van der Waals surface area contributed by atoms with Gasteiger partial charge in [0.05, 0.1) is 28.8 Å². The first-order valence-corrected chi connectivity index (χ1v) is 7.58. The van der Waals surface area contributed by atoms with Crippen LogP contribution in [0.2, 0.25) is 10.0 Å². The molecule has 4 nitrogen and oxygen atoms in total. The first-order valence-electron chi connectivity index (χ1n) is 6.82. The normalized spacial score (nSPS) is 11.2. The fourth-order valence-corrected chi connectivity index (χ4v) is 2.88. The number of aromatic nitrogens is 2. The van der Waals surface area contributed by atoms with Gasteiger partial charge in [-0.05, 0) is 18.2 Å². The smallest absolute Gasteiger partial charge is 0.387 e. The standard InChI is InChI=1S/C16H10Cl2F2N2O2/c17-10-5-11-14(12(18)6-10)21-8-22(15(11)23)7-9-3-1-2-4-13(9)24-16(19)20/h1-6,8,16H,7H2. The molecule has 0 aliphatic heterocycles. The summed E-state index contributed by atoms with van der Waals surface area (Å²) in [5.41, 5.74) is 0.379. The topological polar surface area (TPSA) is 44.1 Å². The molecule has 0 aliphatic carbocycles. The number of benzene rings is 2. The second-order valence-electron chi connectivity index (χ2n) is 4.95. The first kappa shape index (κ1) is 16.7. The molecule has 1 aromatic heterocycles. The number of halogens is 4. The quantitative estimate of drug-likeness (QED) is 0.685. The Hall–Kier alpha value is -2.18. The largest absolute Gasteiger partial charge is 0.434 e. The predicted molar refractivity (Wildman–Crippen MR) is 88.2 cm³/mol. The Labute approximate surface area is 145 Å².